The lowest BCUT2D eigenvalue weighted by molar-refractivity contribution is -0.917. The number of carbonyl (C=O) groups is 1. The zero-order valence-electron chi connectivity index (χ0n) is 17.6. The molecular formula is C25H28N3O3+. The predicted molar refractivity (Wildman–Crippen MR) is 118 cm³/mol. The molecule has 0 unspecified atom stereocenters. The third kappa shape index (κ3) is 6.30. The van der Waals surface area contributed by atoms with Gasteiger partial charge in [0.05, 0.1) is 26.2 Å². The molecule has 0 atom stereocenters. The number of hydrogen-bond donors (Lipinski definition) is 1. The Morgan fingerprint density at radius 1 is 0.839 bits per heavy atom. The van der Waals surface area contributed by atoms with Crippen molar-refractivity contribution >= 4 is 5.91 Å². The lowest BCUT2D eigenvalue weighted by Gasteiger charge is -2.32. The molecule has 2 aromatic carbocycles. The van der Waals surface area contributed by atoms with Crippen molar-refractivity contribution < 1.29 is 19.2 Å². The molecule has 1 fully saturated rings. The van der Waals surface area contributed by atoms with Crippen LogP contribution in [0, 0.1) is 0 Å². The number of nitrogens with one attached hydrogen (secondary N) is 1. The summed E-state index contributed by atoms with van der Waals surface area (Å²) < 4.78 is 11.5. The number of ether oxygens (including phenoxy) is 2. The van der Waals surface area contributed by atoms with Gasteiger partial charge in [0.2, 0.25) is 0 Å². The summed E-state index contributed by atoms with van der Waals surface area (Å²) in [5, 5.41) is 0. The fourth-order valence-corrected chi connectivity index (χ4v) is 3.65. The Hall–Kier alpha value is -3.38. The molecule has 4 rings (SSSR count). The van der Waals surface area contributed by atoms with Crippen LogP contribution in [0.1, 0.15) is 11.1 Å². The van der Waals surface area contributed by atoms with Gasteiger partial charge in [-0.15, -0.1) is 0 Å². The molecule has 0 saturated carbocycles. The molecule has 1 saturated heterocycles. The van der Waals surface area contributed by atoms with Gasteiger partial charge in [0.25, 0.3) is 5.91 Å². The lowest BCUT2D eigenvalue weighted by atomic mass is 10.2. The average Bonchev–Trinajstić information content (AvgIpc) is 2.84. The van der Waals surface area contributed by atoms with Crippen LogP contribution in [-0.2, 0) is 17.9 Å². The highest BCUT2D eigenvalue weighted by Gasteiger charge is 2.24. The third-order valence-electron chi connectivity index (χ3n) is 5.46. The fraction of sp³-hybridized carbons (Fsp3) is 0.280. The number of benzene rings is 2. The van der Waals surface area contributed by atoms with E-state index in [0.29, 0.717) is 12.4 Å². The highest BCUT2D eigenvalue weighted by molar-refractivity contribution is 5.77. The normalized spacial score (nSPS) is 14.3. The Labute approximate surface area is 183 Å². The molecule has 3 aromatic rings. The number of quaternary nitrogens is 1. The number of hydrogen-bond acceptors (Lipinski definition) is 4. The smallest absolute Gasteiger partial charge is 0.260 e. The molecule has 1 aliphatic rings. The van der Waals surface area contributed by atoms with Gasteiger partial charge in [-0.25, -0.2) is 0 Å². The number of amides is 1. The van der Waals surface area contributed by atoms with E-state index in [9.17, 15) is 4.79 Å². The summed E-state index contributed by atoms with van der Waals surface area (Å²) in [4.78, 5) is 20.0. The standard InChI is InChI=1S/C25H27N3O3/c29-25(28-16-14-27(15-17-28)18-21-10-12-26-13-11-21)20-31-24-8-6-23(7-9-24)30-19-22-4-2-1-3-5-22/h1-13H,14-20H2/p+1. The molecule has 6 nitrogen and oxygen atoms in total. The topological polar surface area (TPSA) is 56.1 Å². The molecular weight excluding hydrogens is 390 g/mol. The van der Waals surface area contributed by atoms with Gasteiger partial charge in [-0.3, -0.25) is 9.78 Å². The average molecular weight is 419 g/mol. The van der Waals surface area contributed by atoms with Crippen molar-refractivity contribution in [2.75, 3.05) is 32.8 Å². The van der Waals surface area contributed by atoms with Crippen molar-refractivity contribution in [3.63, 3.8) is 0 Å². The summed E-state index contributed by atoms with van der Waals surface area (Å²) in [5.74, 6) is 1.48. The van der Waals surface area contributed by atoms with Crippen molar-refractivity contribution in [2.24, 2.45) is 0 Å². The van der Waals surface area contributed by atoms with Crippen LogP contribution >= 0.6 is 0 Å². The van der Waals surface area contributed by atoms with E-state index < -0.39 is 0 Å². The fourth-order valence-electron chi connectivity index (χ4n) is 3.65. The quantitative estimate of drug-likeness (QED) is 0.608. The number of nitrogens with zero attached hydrogens (tertiary/aromatic N) is 2. The first-order valence-electron chi connectivity index (χ1n) is 10.7. The summed E-state index contributed by atoms with van der Waals surface area (Å²) in [6.07, 6.45) is 3.65. The highest BCUT2D eigenvalue weighted by atomic mass is 16.5. The number of piperazine rings is 1. The molecule has 6 heteroatoms. The first-order valence-corrected chi connectivity index (χ1v) is 10.7. The predicted octanol–water partition coefficient (Wildman–Crippen LogP) is 1.97. The van der Waals surface area contributed by atoms with Gasteiger partial charge in [-0.2, -0.15) is 0 Å². The summed E-state index contributed by atoms with van der Waals surface area (Å²) in [5.41, 5.74) is 2.40. The maximum Gasteiger partial charge on any atom is 0.260 e. The molecule has 160 valence electrons. The molecule has 0 aliphatic carbocycles. The van der Waals surface area contributed by atoms with E-state index in [1.165, 1.54) is 10.5 Å². The maximum absolute atomic E-state index is 12.5. The summed E-state index contributed by atoms with van der Waals surface area (Å²) in [6.45, 7) is 4.96. The minimum atomic E-state index is 0.0346. The Balaban J connectivity index is 1.17. The SMILES string of the molecule is O=C(COc1ccc(OCc2ccccc2)cc1)N1CC[NH+](Cc2ccncc2)CC1. The van der Waals surface area contributed by atoms with Crippen LogP contribution in [0.15, 0.2) is 79.1 Å². The first kappa shape index (κ1) is 20.9. The largest absolute Gasteiger partial charge is 0.489 e. The van der Waals surface area contributed by atoms with E-state index in [4.69, 9.17) is 9.47 Å². The van der Waals surface area contributed by atoms with Gasteiger partial charge in [-0.05, 0) is 42.0 Å². The van der Waals surface area contributed by atoms with Crippen molar-refractivity contribution in [1.82, 2.24) is 9.88 Å². The minimum Gasteiger partial charge on any atom is -0.489 e. The zero-order valence-corrected chi connectivity index (χ0v) is 17.6. The van der Waals surface area contributed by atoms with E-state index >= 15 is 0 Å². The third-order valence-corrected chi connectivity index (χ3v) is 5.46. The monoisotopic (exact) mass is 418 g/mol. The molecule has 1 aliphatic heterocycles. The van der Waals surface area contributed by atoms with E-state index in [0.717, 1.165) is 44.0 Å². The van der Waals surface area contributed by atoms with E-state index in [1.807, 2.05) is 71.9 Å². The summed E-state index contributed by atoms with van der Waals surface area (Å²) >= 11 is 0. The van der Waals surface area contributed by atoms with Gasteiger partial charge >= 0.3 is 0 Å². The second kappa shape index (κ2) is 10.6. The Morgan fingerprint density at radius 3 is 2.16 bits per heavy atom. The van der Waals surface area contributed by atoms with Crippen LogP contribution < -0.4 is 14.4 Å². The molecule has 1 aromatic heterocycles. The van der Waals surface area contributed by atoms with Gasteiger partial charge in [-0.1, -0.05) is 30.3 Å². The summed E-state index contributed by atoms with van der Waals surface area (Å²) in [7, 11) is 0. The van der Waals surface area contributed by atoms with Crippen LogP contribution in [-0.4, -0.2) is 48.6 Å². The molecule has 0 radical (unpaired) electrons. The van der Waals surface area contributed by atoms with Gasteiger partial charge in [0.1, 0.15) is 24.7 Å². The van der Waals surface area contributed by atoms with Crippen molar-refractivity contribution in [1.29, 1.82) is 0 Å². The minimum absolute atomic E-state index is 0.0346. The van der Waals surface area contributed by atoms with Gasteiger partial charge < -0.3 is 19.3 Å². The van der Waals surface area contributed by atoms with Crippen molar-refractivity contribution in [3.8, 4) is 11.5 Å². The van der Waals surface area contributed by atoms with Crippen LogP contribution in [0.2, 0.25) is 0 Å². The van der Waals surface area contributed by atoms with Gasteiger partial charge in [0, 0.05) is 18.0 Å². The molecule has 0 bridgehead atoms. The molecule has 1 N–H and O–H groups in total. The number of pyridine rings is 1. The van der Waals surface area contributed by atoms with E-state index in [-0.39, 0.29) is 12.5 Å². The second-order valence-electron chi connectivity index (χ2n) is 7.70. The van der Waals surface area contributed by atoms with Crippen molar-refractivity contribution in [2.45, 2.75) is 13.2 Å². The molecule has 1 amide bonds. The number of carbonyl (C=O) groups excluding carboxylic acids is 1. The van der Waals surface area contributed by atoms with Crippen molar-refractivity contribution in [3.05, 3.63) is 90.3 Å². The Bertz CT molecular complexity index is 941. The van der Waals surface area contributed by atoms with E-state index in [1.54, 1.807) is 0 Å². The zero-order chi connectivity index (χ0) is 21.3. The summed E-state index contributed by atoms with van der Waals surface area (Å²) in [6, 6.07) is 21.5. The lowest BCUT2D eigenvalue weighted by Crippen LogP contribution is -3.13. The maximum atomic E-state index is 12.5. The van der Waals surface area contributed by atoms with Crippen LogP contribution in [0.5, 0.6) is 11.5 Å². The molecule has 0 spiro atoms. The number of rotatable bonds is 8. The first-order chi connectivity index (χ1) is 15.3. The highest BCUT2D eigenvalue weighted by Crippen LogP contribution is 2.18. The number of aromatic nitrogens is 1. The van der Waals surface area contributed by atoms with Crippen LogP contribution in [0.3, 0.4) is 0 Å². The van der Waals surface area contributed by atoms with Gasteiger partial charge in [0.15, 0.2) is 6.61 Å². The Morgan fingerprint density at radius 2 is 1.48 bits per heavy atom. The van der Waals surface area contributed by atoms with Crippen LogP contribution in [0.25, 0.3) is 0 Å². The second-order valence-corrected chi connectivity index (χ2v) is 7.70. The Kier molecular flexibility index (Phi) is 7.13. The van der Waals surface area contributed by atoms with E-state index in [2.05, 4.69) is 17.1 Å². The van der Waals surface area contributed by atoms with Crippen LogP contribution in [0.4, 0.5) is 0 Å². The molecule has 2 heterocycles. The molecule has 31 heavy (non-hydrogen) atoms.